The Bertz CT molecular complexity index is 1360. The van der Waals surface area contributed by atoms with E-state index < -0.39 is 0 Å². The summed E-state index contributed by atoms with van der Waals surface area (Å²) in [6.45, 7) is 2.70. The van der Waals surface area contributed by atoms with E-state index in [1.165, 1.54) is 28.0 Å². The molecule has 4 aromatic heterocycles. The number of hydrogen-bond acceptors (Lipinski definition) is 8. The van der Waals surface area contributed by atoms with Crippen LogP contribution in [0.2, 0.25) is 0 Å². The lowest BCUT2D eigenvalue weighted by Crippen LogP contribution is -2.13. The number of H-pyrrole nitrogens is 1. The maximum Gasteiger partial charge on any atom is 0.260 e. The number of nitrogens with one attached hydrogen (secondary N) is 1. The molecule has 0 spiro atoms. The van der Waals surface area contributed by atoms with Gasteiger partial charge in [-0.15, -0.1) is 27.8 Å². The Morgan fingerprint density at radius 1 is 1.16 bits per heavy atom. The molecule has 5 aromatic rings. The van der Waals surface area contributed by atoms with Crippen molar-refractivity contribution in [2.45, 2.75) is 30.3 Å². The highest BCUT2D eigenvalue weighted by atomic mass is 32.2. The summed E-state index contributed by atoms with van der Waals surface area (Å²) in [6, 6.07) is 14.1. The molecular weight excluding hydrogens is 448 g/mol. The van der Waals surface area contributed by atoms with Gasteiger partial charge < -0.3 is 4.98 Å². The van der Waals surface area contributed by atoms with Gasteiger partial charge in [-0.25, -0.2) is 9.67 Å². The lowest BCUT2D eigenvalue weighted by molar-refractivity contribution is 0.550. The predicted molar refractivity (Wildman–Crippen MR) is 126 cm³/mol. The highest BCUT2D eigenvalue weighted by molar-refractivity contribution is 7.99. The molecule has 31 heavy (non-hydrogen) atoms. The molecule has 0 radical (unpaired) electrons. The Kier molecular flexibility index (Phi) is 5.66. The Morgan fingerprint density at radius 3 is 2.84 bits per heavy atom. The summed E-state index contributed by atoms with van der Waals surface area (Å²) in [7, 11) is 0. The van der Waals surface area contributed by atoms with E-state index in [0.717, 1.165) is 22.4 Å². The van der Waals surface area contributed by atoms with Crippen molar-refractivity contribution in [3.8, 4) is 11.1 Å². The Hall–Kier alpha value is -2.82. The number of rotatable bonds is 7. The van der Waals surface area contributed by atoms with Crippen LogP contribution in [0.1, 0.15) is 22.9 Å². The molecule has 1 atom stereocenters. The number of aromatic nitrogens is 6. The third-order valence-electron chi connectivity index (χ3n) is 4.86. The highest BCUT2D eigenvalue weighted by Gasteiger charge is 2.19. The number of thioether (sulfide) groups is 1. The number of aromatic amines is 1. The lowest BCUT2D eigenvalue weighted by Gasteiger charge is -2.10. The van der Waals surface area contributed by atoms with Crippen molar-refractivity contribution in [2.75, 3.05) is 0 Å². The molecule has 1 aromatic carbocycles. The summed E-state index contributed by atoms with van der Waals surface area (Å²) in [5.41, 5.74) is 1.81. The molecule has 0 saturated heterocycles. The maximum atomic E-state index is 12.9. The minimum Gasteiger partial charge on any atom is -0.309 e. The molecule has 5 rings (SSSR count). The van der Waals surface area contributed by atoms with E-state index in [1.807, 2.05) is 48.7 Å². The van der Waals surface area contributed by atoms with Crippen LogP contribution >= 0.6 is 34.4 Å². The predicted octanol–water partition coefficient (Wildman–Crippen LogP) is 4.80. The van der Waals surface area contributed by atoms with Crippen molar-refractivity contribution in [3.63, 3.8) is 0 Å². The van der Waals surface area contributed by atoms with Crippen LogP contribution in [0.3, 0.4) is 0 Å². The molecule has 1 N–H and O–H groups in total. The minimum absolute atomic E-state index is 0.106. The number of aryl methyl sites for hydroxylation is 2. The zero-order valence-corrected chi connectivity index (χ0v) is 19.0. The summed E-state index contributed by atoms with van der Waals surface area (Å²) in [6.07, 6.45) is 0.878. The number of fused-ring (bicyclic) bond motifs is 1. The molecule has 156 valence electrons. The monoisotopic (exact) mass is 466 g/mol. The van der Waals surface area contributed by atoms with Crippen LogP contribution < -0.4 is 5.56 Å². The van der Waals surface area contributed by atoms with Crippen molar-refractivity contribution >= 4 is 44.7 Å². The first-order chi connectivity index (χ1) is 15.2. The van der Waals surface area contributed by atoms with E-state index in [1.54, 1.807) is 16.0 Å². The fourth-order valence-electron chi connectivity index (χ4n) is 3.29. The van der Waals surface area contributed by atoms with Crippen molar-refractivity contribution in [2.24, 2.45) is 0 Å². The molecule has 10 heteroatoms. The third kappa shape index (κ3) is 4.18. The molecule has 0 saturated carbocycles. The van der Waals surface area contributed by atoms with Crippen LogP contribution in [0, 0.1) is 0 Å². The molecule has 0 aliphatic heterocycles. The van der Waals surface area contributed by atoms with Gasteiger partial charge in [0.1, 0.15) is 10.7 Å². The smallest absolute Gasteiger partial charge is 0.260 e. The molecule has 0 bridgehead atoms. The van der Waals surface area contributed by atoms with Gasteiger partial charge in [0.05, 0.1) is 17.2 Å². The molecule has 0 fully saturated rings. The summed E-state index contributed by atoms with van der Waals surface area (Å²) >= 11 is 4.70. The first-order valence-electron chi connectivity index (χ1n) is 9.71. The van der Waals surface area contributed by atoms with Crippen molar-refractivity contribution in [1.82, 2.24) is 30.2 Å². The number of benzene rings is 1. The normalized spacial score (nSPS) is 12.4. The van der Waals surface area contributed by atoms with E-state index in [9.17, 15) is 4.79 Å². The number of tetrazole rings is 1. The zero-order chi connectivity index (χ0) is 21.2. The summed E-state index contributed by atoms with van der Waals surface area (Å²) in [5.74, 6) is 0.622. The van der Waals surface area contributed by atoms with E-state index >= 15 is 0 Å². The molecule has 1 unspecified atom stereocenters. The largest absolute Gasteiger partial charge is 0.309 e. The van der Waals surface area contributed by atoms with E-state index in [-0.39, 0.29) is 10.8 Å². The topological polar surface area (TPSA) is 89.3 Å². The molecule has 0 amide bonds. The van der Waals surface area contributed by atoms with Crippen molar-refractivity contribution < 1.29 is 0 Å². The van der Waals surface area contributed by atoms with E-state index in [4.69, 9.17) is 4.98 Å². The van der Waals surface area contributed by atoms with Gasteiger partial charge in [-0.2, -0.15) is 0 Å². The molecule has 7 nitrogen and oxygen atoms in total. The number of nitrogens with zero attached hydrogens (tertiary/aromatic N) is 5. The standard InChI is InChI=1S/C21H18N6OS3/c1-13(31-21-24-25-26-27(21)10-9-15-8-5-11-29-15)18-22-19(28)17-16(12-30-20(17)23-18)14-6-3-2-4-7-14/h2-8,11-13H,9-10H2,1H3,(H,22,23,28). The molecular formula is C21H18N6OS3. The Morgan fingerprint density at radius 2 is 2.03 bits per heavy atom. The third-order valence-corrected chi connectivity index (χ3v) is 7.75. The second-order valence-corrected chi connectivity index (χ2v) is 10.1. The van der Waals surface area contributed by atoms with Gasteiger partial charge >= 0.3 is 0 Å². The van der Waals surface area contributed by atoms with E-state index in [2.05, 4.69) is 32.0 Å². The Labute approximate surface area is 190 Å². The molecule has 0 aliphatic rings. The van der Waals surface area contributed by atoms with Crippen LogP contribution in [0.15, 0.2) is 63.2 Å². The lowest BCUT2D eigenvalue weighted by atomic mass is 10.1. The molecule has 0 aliphatic carbocycles. The van der Waals surface area contributed by atoms with Crippen molar-refractivity contribution in [1.29, 1.82) is 0 Å². The summed E-state index contributed by atoms with van der Waals surface area (Å²) in [4.78, 5) is 22.7. The van der Waals surface area contributed by atoms with Crippen LogP contribution in [-0.2, 0) is 13.0 Å². The van der Waals surface area contributed by atoms with Crippen LogP contribution in [0.4, 0.5) is 0 Å². The SMILES string of the molecule is CC(Sc1nnnn1CCc1cccs1)c1nc2scc(-c3ccccc3)c2c(=O)[nH]1. The van der Waals surface area contributed by atoms with Crippen LogP contribution in [0.5, 0.6) is 0 Å². The van der Waals surface area contributed by atoms with Gasteiger partial charge in [0.25, 0.3) is 5.56 Å². The average Bonchev–Trinajstić information content (AvgIpc) is 3.54. The fraction of sp³-hybridized carbons (Fsp3) is 0.190. The average molecular weight is 467 g/mol. The van der Waals surface area contributed by atoms with E-state index in [0.29, 0.717) is 22.9 Å². The fourth-order valence-corrected chi connectivity index (χ4v) is 5.82. The second kappa shape index (κ2) is 8.74. The first-order valence-corrected chi connectivity index (χ1v) is 12.3. The zero-order valence-electron chi connectivity index (χ0n) is 16.6. The van der Waals surface area contributed by atoms with Gasteiger partial charge in [0.15, 0.2) is 0 Å². The number of thiophene rings is 2. The van der Waals surface area contributed by atoms with Gasteiger partial charge in [-0.05, 0) is 34.4 Å². The quantitative estimate of drug-likeness (QED) is 0.347. The van der Waals surface area contributed by atoms with Gasteiger partial charge in [-0.1, -0.05) is 48.2 Å². The van der Waals surface area contributed by atoms with Crippen LogP contribution in [0.25, 0.3) is 21.3 Å². The van der Waals surface area contributed by atoms with Gasteiger partial charge in [-0.3, -0.25) is 4.79 Å². The van der Waals surface area contributed by atoms with Gasteiger partial charge in [0, 0.05) is 22.2 Å². The number of hydrogen-bond donors (Lipinski definition) is 1. The summed E-state index contributed by atoms with van der Waals surface area (Å²) < 4.78 is 1.80. The Balaban J connectivity index is 1.38. The van der Waals surface area contributed by atoms with Gasteiger partial charge in [0.2, 0.25) is 5.16 Å². The highest BCUT2D eigenvalue weighted by Crippen LogP contribution is 2.34. The summed E-state index contributed by atoms with van der Waals surface area (Å²) in [5, 5.41) is 17.4. The second-order valence-electron chi connectivity index (χ2n) is 6.92. The van der Waals surface area contributed by atoms with Crippen molar-refractivity contribution in [3.05, 3.63) is 74.3 Å². The minimum atomic E-state index is -0.121. The molecule has 4 heterocycles. The first kappa shape index (κ1) is 20.1. The maximum absolute atomic E-state index is 12.9. The van der Waals surface area contributed by atoms with Crippen LogP contribution in [-0.4, -0.2) is 30.2 Å².